The van der Waals surface area contributed by atoms with Gasteiger partial charge in [0.1, 0.15) is 5.75 Å². The first kappa shape index (κ1) is 21.2. The van der Waals surface area contributed by atoms with Gasteiger partial charge in [0, 0.05) is 24.8 Å². The molecule has 29 heavy (non-hydrogen) atoms. The number of benzene rings is 2. The van der Waals surface area contributed by atoms with Gasteiger partial charge in [0.15, 0.2) is 0 Å². The fourth-order valence-corrected chi connectivity index (χ4v) is 4.69. The van der Waals surface area contributed by atoms with Gasteiger partial charge in [-0.2, -0.15) is 13.1 Å². The lowest BCUT2D eigenvalue weighted by atomic mass is 10.1. The Morgan fingerprint density at radius 2 is 1.76 bits per heavy atom. The molecule has 0 spiro atoms. The second kappa shape index (κ2) is 9.32. The van der Waals surface area contributed by atoms with Crippen molar-refractivity contribution >= 4 is 21.6 Å². The lowest BCUT2D eigenvalue weighted by Gasteiger charge is -2.25. The predicted molar refractivity (Wildman–Crippen MR) is 104 cm³/mol. The minimum Gasteiger partial charge on any atom is -0.435 e. The van der Waals surface area contributed by atoms with Gasteiger partial charge >= 0.3 is 6.61 Å². The van der Waals surface area contributed by atoms with Gasteiger partial charge in [-0.3, -0.25) is 4.79 Å². The Labute approximate surface area is 168 Å². The number of ether oxygens (including phenoxy) is 1. The topological polar surface area (TPSA) is 75.7 Å². The molecule has 1 aliphatic rings. The monoisotopic (exact) mass is 424 g/mol. The lowest BCUT2D eigenvalue weighted by Crippen LogP contribution is -2.35. The van der Waals surface area contributed by atoms with E-state index in [0.717, 1.165) is 19.3 Å². The highest BCUT2D eigenvalue weighted by Crippen LogP contribution is 2.22. The van der Waals surface area contributed by atoms with Crippen LogP contribution in [0.15, 0.2) is 53.4 Å². The molecular weight excluding hydrogens is 402 g/mol. The molecule has 1 aliphatic heterocycles. The molecule has 6 nitrogen and oxygen atoms in total. The number of hydrogen-bond acceptors (Lipinski definition) is 4. The van der Waals surface area contributed by atoms with Gasteiger partial charge in [-0.25, -0.2) is 8.42 Å². The number of hydrogen-bond donors (Lipinski definition) is 1. The largest absolute Gasteiger partial charge is 0.435 e. The Kier molecular flexibility index (Phi) is 6.81. The molecule has 1 heterocycles. The zero-order chi connectivity index (χ0) is 20.9. The number of nitrogens with zero attached hydrogens (tertiary/aromatic N) is 1. The van der Waals surface area contributed by atoms with Gasteiger partial charge in [0.2, 0.25) is 15.9 Å². The lowest BCUT2D eigenvalue weighted by molar-refractivity contribution is -0.115. The standard InChI is InChI=1S/C20H22F2N2O4S/c21-20(22)28-17-6-4-5-16(14-17)23-19(25)13-15-7-9-18(10-8-15)29(26,27)24-11-2-1-3-12-24/h4-10,14,20H,1-3,11-13H2,(H,23,25). The summed E-state index contributed by atoms with van der Waals surface area (Å²) in [5, 5.41) is 2.61. The smallest absolute Gasteiger partial charge is 0.387 e. The number of carbonyl (C=O) groups is 1. The van der Waals surface area contributed by atoms with Crippen LogP contribution in [0.1, 0.15) is 24.8 Å². The van der Waals surface area contributed by atoms with Crippen molar-refractivity contribution in [1.29, 1.82) is 0 Å². The summed E-state index contributed by atoms with van der Waals surface area (Å²) in [4.78, 5) is 12.4. The van der Waals surface area contributed by atoms with Crippen LogP contribution in [0.3, 0.4) is 0 Å². The SMILES string of the molecule is O=C(Cc1ccc(S(=O)(=O)N2CCCCC2)cc1)Nc1cccc(OC(F)F)c1. The molecule has 1 saturated heterocycles. The summed E-state index contributed by atoms with van der Waals surface area (Å²) in [6.45, 7) is -1.89. The van der Waals surface area contributed by atoms with Crippen molar-refractivity contribution in [1.82, 2.24) is 4.31 Å². The van der Waals surface area contributed by atoms with E-state index in [4.69, 9.17) is 0 Å². The zero-order valence-corrected chi connectivity index (χ0v) is 16.5. The van der Waals surface area contributed by atoms with E-state index in [0.29, 0.717) is 24.3 Å². The molecule has 156 valence electrons. The number of rotatable bonds is 7. The van der Waals surface area contributed by atoms with E-state index < -0.39 is 16.6 Å². The zero-order valence-electron chi connectivity index (χ0n) is 15.7. The van der Waals surface area contributed by atoms with Gasteiger partial charge in [-0.15, -0.1) is 0 Å². The first-order valence-electron chi connectivity index (χ1n) is 9.28. The van der Waals surface area contributed by atoms with Crippen LogP contribution in [-0.4, -0.2) is 38.3 Å². The van der Waals surface area contributed by atoms with Crippen LogP contribution in [0.5, 0.6) is 5.75 Å². The van der Waals surface area contributed by atoms with Crippen LogP contribution in [0.25, 0.3) is 0 Å². The van der Waals surface area contributed by atoms with E-state index in [1.54, 1.807) is 18.2 Å². The number of halogens is 2. The van der Waals surface area contributed by atoms with Crippen LogP contribution >= 0.6 is 0 Å². The molecule has 0 unspecified atom stereocenters. The molecular formula is C20H22F2N2O4S. The number of carbonyl (C=O) groups excluding carboxylic acids is 1. The number of anilines is 1. The van der Waals surface area contributed by atoms with Crippen LogP contribution in [0, 0.1) is 0 Å². The summed E-state index contributed by atoms with van der Waals surface area (Å²) in [7, 11) is -3.51. The number of nitrogens with one attached hydrogen (secondary N) is 1. The molecule has 0 bridgehead atoms. The predicted octanol–water partition coefficient (Wildman–Crippen LogP) is 3.64. The van der Waals surface area contributed by atoms with E-state index in [1.807, 2.05) is 0 Å². The third-order valence-corrected chi connectivity index (χ3v) is 6.50. The summed E-state index contributed by atoms with van der Waals surface area (Å²) in [6, 6.07) is 11.9. The molecule has 0 aromatic heterocycles. The number of sulfonamides is 1. The van der Waals surface area contributed by atoms with E-state index in [2.05, 4.69) is 10.1 Å². The third-order valence-electron chi connectivity index (χ3n) is 4.58. The highest BCUT2D eigenvalue weighted by Gasteiger charge is 2.25. The Morgan fingerprint density at radius 1 is 1.07 bits per heavy atom. The minimum atomic E-state index is -3.51. The van der Waals surface area contributed by atoms with Crippen LogP contribution in [0.4, 0.5) is 14.5 Å². The Morgan fingerprint density at radius 3 is 2.41 bits per heavy atom. The first-order chi connectivity index (χ1) is 13.8. The van der Waals surface area contributed by atoms with Crippen molar-refractivity contribution in [2.75, 3.05) is 18.4 Å². The molecule has 0 radical (unpaired) electrons. The summed E-state index contributed by atoms with van der Waals surface area (Å²) in [5.74, 6) is -0.407. The van der Waals surface area contributed by atoms with Crippen molar-refractivity contribution < 1.29 is 26.7 Å². The van der Waals surface area contributed by atoms with E-state index in [9.17, 15) is 22.0 Å². The molecule has 9 heteroatoms. The van der Waals surface area contributed by atoms with Crippen LogP contribution in [0.2, 0.25) is 0 Å². The number of alkyl halides is 2. The first-order valence-corrected chi connectivity index (χ1v) is 10.7. The molecule has 2 aromatic carbocycles. The average molecular weight is 424 g/mol. The highest BCUT2D eigenvalue weighted by molar-refractivity contribution is 7.89. The van der Waals surface area contributed by atoms with E-state index in [1.165, 1.54) is 34.6 Å². The van der Waals surface area contributed by atoms with Crippen molar-refractivity contribution in [3.8, 4) is 5.75 Å². The molecule has 0 saturated carbocycles. The maximum absolute atomic E-state index is 12.7. The van der Waals surface area contributed by atoms with Crippen molar-refractivity contribution in [2.24, 2.45) is 0 Å². The van der Waals surface area contributed by atoms with Crippen molar-refractivity contribution in [3.05, 3.63) is 54.1 Å². The maximum Gasteiger partial charge on any atom is 0.387 e. The van der Waals surface area contributed by atoms with Crippen molar-refractivity contribution in [2.45, 2.75) is 37.2 Å². The maximum atomic E-state index is 12.7. The fraction of sp³-hybridized carbons (Fsp3) is 0.350. The summed E-state index contributed by atoms with van der Waals surface area (Å²) < 4.78 is 55.7. The number of piperidine rings is 1. The second-order valence-electron chi connectivity index (χ2n) is 6.74. The summed E-state index contributed by atoms with van der Waals surface area (Å²) in [6.07, 6.45) is 2.78. The van der Waals surface area contributed by atoms with Crippen molar-refractivity contribution in [3.63, 3.8) is 0 Å². The summed E-state index contributed by atoms with van der Waals surface area (Å²) in [5.41, 5.74) is 0.970. The van der Waals surface area contributed by atoms with Gasteiger partial charge in [0.25, 0.3) is 0 Å². The van der Waals surface area contributed by atoms with E-state index in [-0.39, 0.29) is 23.0 Å². The Bertz CT molecular complexity index is 943. The van der Waals surface area contributed by atoms with Gasteiger partial charge in [-0.05, 0) is 42.7 Å². The molecule has 3 rings (SSSR count). The second-order valence-corrected chi connectivity index (χ2v) is 8.68. The van der Waals surface area contributed by atoms with Crippen LogP contribution < -0.4 is 10.1 Å². The van der Waals surface area contributed by atoms with Crippen LogP contribution in [-0.2, 0) is 21.2 Å². The normalized spacial score (nSPS) is 15.3. The van der Waals surface area contributed by atoms with E-state index >= 15 is 0 Å². The molecule has 1 amide bonds. The van der Waals surface area contributed by atoms with Gasteiger partial charge in [0.05, 0.1) is 11.3 Å². The molecule has 1 fully saturated rings. The third kappa shape index (κ3) is 5.74. The number of amides is 1. The molecule has 2 aromatic rings. The van der Waals surface area contributed by atoms with Gasteiger partial charge < -0.3 is 10.1 Å². The molecule has 1 N–H and O–H groups in total. The Hall–Kier alpha value is -2.52. The fourth-order valence-electron chi connectivity index (χ4n) is 3.17. The molecule has 0 atom stereocenters. The Balaban J connectivity index is 1.61. The van der Waals surface area contributed by atoms with Gasteiger partial charge in [-0.1, -0.05) is 24.6 Å². The summed E-state index contributed by atoms with van der Waals surface area (Å²) >= 11 is 0. The minimum absolute atomic E-state index is 0.0178. The average Bonchev–Trinajstić information content (AvgIpc) is 2.69. The molecule has 0 aliphatic carbocycles. The quantitative estimate of drug-likeness (QED) is 0.736. The highest BCUT2D eigenvalue weighted by atomic mass is 32.2.